The third-order valence-electron chi connectivity index (χ3n) is 22.9. The van der Waals surface area contributed by atoms with Crippen LogP contribution in [0.1, 0.15) is 0 Å². The summed E-state index contributed by atoms with van der Waals surface area (Å²) in [5.74, 6) is 3.99. The fraction of sp³-hybridized carbons (Fsp3) is 0. The van der Waals surface area contributed by atoms with Gasteiger partial charge in [0.15, 0.2) is 34.9 Å². The van der Waals surface area contributed by atoms with Gasteiger partial charge < -0.3 is 18.0 Å². The Kier molecular flexibility index (Phi) is 14.4. The predicted molar refractivity (Wildman–Crippen MR) is 487 cm³/mol. The van der Waals surface area contributed by atoms with Gasteiger partial charge in [0, 0.05) is 158 Å². The van der Waals surface area contributed by atoms with Crippen molar-refractivity contribution in [1.29, 1.82) is 0 Å². The highest BCUT2D eigenvalue weighted by atomic mass is 32.1. The minimum absolute atomic E-state index is 0.657. The first kappa shape index (κ1) is 65.2. The maximum Gasteiger partial charge on any atom is 0.165 e. The summed E-state index contributed by atoms with van der Waals surface area (Å²) in [4.78, 5) is 31.2. The summed E-state index contributed by atoms with van der Waals surface area (Å²) in [6.45, 7) is 0. The highest BCUT2D eigenvalue weighted by molar-refractivity contribution is 7.27. The number of nitrogens with zero attached hydrogens (tertiary/aromatic N) is 8. The second kappa shape index (κ2) is 25.6. The van der Waals surface area contributed by atoms with Gasteiger partial charge >= 0.3 is 0 Å². The van der Waals surface area contributed by atoms with Gasteiger partial charge in [-0.15, -0.1) is 45.3 Å². The summed E-state index contributed by atoms with van der Waals surface area (Å²) in [7, 11) is 0. The summed E-state index contributed by atoms with van der Waals surface area (Å²) in [5.41, 5.74) is 16.3. The first-order chi connectivity index (χ1) is 57.5. The fourth-order valence-corrected chi connectivity index (χ4v) is 22.5. The van der Waals surface area contributed by atoms with Crippen LogP contribution in [-0.4, -0.2) is 39.0 Å². The number of benzene rings is 16. The summed E-state index contributed by atoms with van der Waals surface area (Å²) in [5, 5.41) is 18.8. The van der Waals surface area contributed by atoms with E-state index in [2.05, 4.69) is 300 Å². The monoisotopic (exact) mass is 1550 g/mol. The molecule has 0 atom stereocenters. The molecule has 540 valence electrons. The van der Waals surface area contributed by atoms with Crippen LogP contribution in [-0.2, 0) is 0 Å². The van der Waals surface area contributed by atoms with Crippen molar-refractivity contribution in [2.24, 2.45) is 0 Å². The van der Waals surface area contributed by atoms with Gasteiger partial charge in [0.05, 0.1) is 32.8 Å². The summed E-state index contributed by atoms with van der Waals surface area (Å²) >= 11 is 7.15. The first-order valence-electron chi connectivity index (χ1n) is 38.5. The van der Waals surface area contributed by atoms with Crippen molar-refractivity contribution >= 4 is 214 Å². The van der Waals surface area contributed by atoms with Crippen molar-refractivity contribution in [3.63, 3.8) is 0 Å². The molecule has 0 saturated heterocycles. The summed E-state index contributed by atoms with van der Waals surface area (Å²) in [6, 6.07) is 120. The number of hydrogen-bond acceptors (Lipinski definition) is 12. The van der Waals surface area contributed by atoms with Crippen LogP contribution in [0, 0.1) is 0 Å². The van der Waals surface area contributed by atoms with E-state index in [-0.39, 0.29) is 0 Å². The minimum atomic E-state index is 0.657. The summed E-state index contributed by atoms with van der Waals surface area (Å²) < 4.78 is 27.5. The molecule has 14 heteroatoms. The first-order valence-corrected chi connectivity index (χ1v) is 41.8. The zero-order valence-electron chi connectivity index (χ0n) is 61.4. The molecule has 0 aliphatic heterocycles. The van der Waals surface area contributed by atoms with Crippen LogP contribution in [0.25, 0.3) is 248 Å². The standard InChI is InChI=1S/2C51H28N4OS2/c2*1-2-12-29(13-3-1)49-52-50(37-19-10-17-34-32-15-6-9-23-43(32)57-47(34)37)54-51(53-49)38-20-11-18-35-39-28-30(24-27-44(39)58-48(35)38)55-40-21-7-4-16-36(40)45-41(55)26-25-33-31-14-5-8-22-42(31)56-46(33)45/h2*1-28H. The molecule has 10 aromatic heterocycles. The number of fused-ring (bicyclic) bond motifs is 26. The van der Waals surface area contributed by atoms with E-state index in [1.807, 2.05) is 48.5 Å². The smallest absolute Gasteiger partial charge is 0.165 e. The number of furan rings is 2. The van der Waals surface area contributed by atoms with Crippen LogP contribution in [0.3, 0.4) is 0 Å². The Morgan fingerprint density at radius 3 is 0.914 bits per heavy atom. The lowest BCUT2D eigenvalue weighted by Crippen LogP contribution is -2.00. The molecule has 116 heavy (non-hydrogen) atoms. The average molecular weight is 1550 g/mol. The second-order valence-electron chi connectivity index (χ2n) is 29.4. The van der Waals surface area contributed by atoms with Crippen molar-refractivity contribution in [3.8, 4) is 79.7 Å². The third kappa shape index (κ3) is 9.98. The lowest BCUT2D eigenvalue weighted by molar-refractivity contribution is 0.672. The van der Waals surface area contributed by atoms with Crippen molar-refractivity contribution in [3.05, 3.63) is 340 Å². The molecule has 10 nitrogen and oxygen atoms in total. The van der Waals surface area contributed by atoms with Crippen molar-refractivity contribution < 1.29 is 8.83 Å². The van der Waals surface area contributed by atoms with E-state index < -0.39 is 0 Å². The number of para-hydroxylation sites is 4. The molecule has 26 rings (SSSR count). The van der Waals surface area contributed by atoms with Gasteiger partial charge in [0.25, 0.3) is 0 Å². The molecule has 0 spiro atoms. The number of hydrogen-bond donors (Lipinski definition) is 0. The molecule has 0 fully saturated rings. The number of rotatable bonds is 8. The second-order valence-corrected chi connectivity index (χ2v) is 33.6. The van der Waals surface area contributed by atoms with Crippen LogP contribution in [0.5, 0.6) is 0 Å². The normalized spacial score (nSPS) is 12.1. The lowest BCUT2D eigenvalue weighted by atomic mass is 10.1. The lowest BCUT2D eigenvalue weighted by Gasteiger charge is -2.10. The van der Waals surface area contributed by atoms with Crippen molar-refractivity contribution in [2.75, 3.05) is 0 Å². The summed E-state index contributed by atoms with van der Waals surface area (Å²) in [6.07, 6.45) is 0. The van der Waals surface area contributed by atoms with Gasteiger partial charge in [-0.3, -0.25) is 0 Å². The molecule has 0 bridgehead atoms. The van der Waals surface area contributed by atoms with E-state index in [9.17, 15) is 0 Å². The van der Waals surface area contributed by atoms with Gasteiger partial charge in [0.2, 0.25) is 0 Å². The molecule has 0 N–H and O–H groups in total. The Labute approximate surface area is 675 Å². The van der Waals surface area contributed by atoms with Crippen LogP contribution < -0.4 is 0 Å². The Bertz CT molecular complexity index is 8140. The van der Waals surface area contributed by atoms with Gasteiger partial charge in [-0.25, -0.2) is 29.9 Å². The molecule has 0 amide bonds. The molecule has 26 aromatic rings. The zero-order valence-corrected chi connectivity index (χ0v) is 64.6. The van der Waals surface area contributed by atoms with E-state index in [0.717, 1.165) is 131 Å². The molecule has 10 heterocycles. The van der Waals surface area contributed by atoms with Crippen LogP contribution in [0.4, 0.5) is 0 Å². The average Bonchev–Trinajstić information content (AvgIpc) is 1.56. The quantitative estimate of drug-likeness (QED) is 0.148. The Hall–Kier alpha value is -14.4. The Balaban J connectivity index is 0.000000130. The molecular formula is C102H56N8O2S4. The fourth-order valence-electron chi connectivity index (χ4n) is 17.7. The van der Waals surface area contributed by atoms with Gasteiger partial charge in [-0.2, -0.15) is 0 Å². The van der Waals surface area contributed by atoms with Crippen LogP contribution >= 0.6 is 45.3 Å². The molecule has 0 saturated carbocycles. The molecular weight excluding hydrogens is 1500 g/mol. The van der Waals surface area contributed by atoms with E-state index >= 15 is 0 Å². The molecule has 0 unspecified atom stereocenters. The SMILES string of the molecule is c1ccc(-c2nc(-c3cccc4c3sc3ccccc34)nc(-c3cccc4c3sc3ccc(-n5c6ccccc6c6c7oc8ccccc8c7ccc65)cc34)n2)cc1.c1ccc(-c2nc(-c3cccc4c3sc3ccccc34)nc(-c3cccc4c3sc3ccc(-n5c6ccccc6c6c7oc8ccccc8c7ccc65)cc34)n2)cc1. The highest BCUT2D eigenvalue weighted by Crippen LogP contribution is 2.49. The van der Waals surface area contributed by atoms with Crippen molar-refractivity contribution in [1.82, 2.24) is 39.0 Å². The van der Waals surface area contributed by atoms with Crippen LogP contribution in [0.2, 0.25) is 0 Å². The highest BCUT2D eigenvalue weighted by Gasteiger charge is 2.26. The van der Waals surface area contributed by atoms with Gasteiger partial charge in [0.1, 0.15) is 22.3 Å². The van der Waals surface area contributed by atoms with E-state index in [1.165, 1.54) is 82.1 Å². The topological polar surface area (TPSA) is 113 Å². The Morgan fingerprint density at radius 1 is 0.207 bits per heavy atom. The number of aromatic nitrogens is 8. The maximum atomic E-state index is 6.57. The molecule has 16 aromatic carbocycles. The molecule has 0 aliphatic carbocycles. The minimum Gasteiger partial charge on any atom is -0.455 e. The maximum absolute atomic E-state index is 6.57. The predicted octanol–water partition coefficient (Wildman–Crippen LogP) is 29.2. The Morgan fingerprint density at radius 2 is 0.517 bits per heavy atom. The molecule has 0 radical (unpaired) electrons. The van der Waals surface area contributed by atoms with Crippen LogP contribution in [0.15, 0.2) is 349 Å². The third-order valence-corrected chi connectivity index (χ3v) is 27.8. The van der Waals surface area contributed by atoms with Gasteiger partial charge in [-0.05, 0) is 121 Å². The van der Waals surface area contributed by atoms with Crippen molar-refractivity contribution in [2.45, 2.75) is 0 Å². The number of thiophene rings is 4. The zero-order chi connectivity index (χ0) is 75.8. The van der Waals surface area contributed by atoms with E-state index in [0.29, 0.717) is 34.9 Å². The van der Waals surface area contributed by atoms with E-state index in [1.54, 1.807) is 45.3 Å². The largest absolute Gasteiger partial charge is 0.455 e. The molecule has 0 aliphatic rings. The van der Waals surface area contributed by atoms with Gasteiger partial charge in [-0.1, -0.05) is 218 Å². The van der Waals surface area contributed by atoms with E-state index in [4.69, 9.17) is 38.7 Å².